The van der Waals surface area contributed by atoms with E-state index in [2.05, 4.69) is 40.5 Å². The lowest BCUT2D eigenvalue weighted by Gasteiger charge is -2.43. The number of alkyl halides is 2. The molecule has 5 aromatic rings. The summed E-state index contributed by atoms with van der Waals surface area (Å²) in [7, 11) is 0. The van der Waals surface area contributed by atoms with E-state index < -0.39 is 110 Å². The predicted octanol–water partition coefficient (Wildman–Crippen LogP) is 2.67. The van der Waals surface area contributed by atoms with E-state index in [0.29, 0.717) is 5.56 Å². The van der Waals surface area contributed by atoms with Crippen molar-refractivity contribution in [1.82, 2.24) is 39.0 Å². The van der Waals surface area contributed by atoms with Gasteiger partial charge in [0.2, 0.25) is 11.9 Å². The van der Waals surface area contributed by atoms with Crippen LogP contribution in [0.4, 0.5) is 20.5 Å². The van der Waals surface area contributed by atoms with E-state index in [1.165, 1.54) is 10.9 Å². The van der Waals surface area contributed by atoms with E-state index in [4.69, 9.17) is 51.2 Å². The number of imidazole rings is 2. The minimum absolute atomic E-state index is 0.0345. The summed E-state index contributed by atoms with van der Waals surface area (Å²) in [4.78, 5) is 85.3. The number of ether oxygens (including phenoxy) is 2. The standard InChI is InChI=1S/C33H32F2N10O11P2S2/c1-14(2)25(46)42-30-41-24-19(27(48)43-30)39-13-45(24)28-17(34)20-32(54-28)10-52-58(50,60)56-21-29(53-16(8-51-57(49,59)55-20)31(21)9-33(31,32)35)44-12-38-18-22(36-11-37-23(18)44)40-26(47)15-6-4-3-5-7-15/h3-7,11-14,16-17,20-21,28-29H,8-10H2,1-2H3,(H,49,59)(H,50,60)(H,36,37,40,47)(H2,41,42,43,46,48)/t16-,17-,20+,21+,28-,29-,31-,32-,33?,57?,58-/m1/s1. The van der Waals surface area contributed by atoms with Gasteiger partial charge in [-0.15, -0.1) is 0 Å². The summed E-state index contributed by atoms with van der Waals surface area (Å²) in [5.41, 5.74) is -7.95. The van der Waals surface area contributed by atoms with Crippen LogP contribution in [0.25, 0.3) is 22.3 Å². The molecule has 2 unspecified atom stereocenters. The van der Waals surface area contributed by atoms with Crippen LogP contribution in [0.15, 0.2) is 54.1 Å². The number of hydrogen-bond acceptors (Lipinski definition) is 16. The molecule has 4 aliphatic heterocycles. The Morgan fingerprint density at radius 2 is 1.67 bits per heavy atom. The van der Waals surface area contributed by atoms with E-state index in [1.807, 2.05) is 0 Å². The van der Waals surface area contributed by atoms with Crippen LogP contribution < -0.4 is 16.2 Å². The molecule has 5 fully saturated rings. The quantitative estimate of drug-likeness (QED) is 0.153. The monoisotopic (exact) mass is 908 g/mol. The highest BCUT2D eigenvalue weighted by atomic mass is 32.5. The van der Waals surface area contributed by atoms with Crippen molar-refractivity contribution in [3.63, 3.8) is 0 Å². The van der Waals surface area contributed by atoms with Crippen LogP contribution in [-0.2, 0) is 56.0 Å². The lowest BCUT2D eigenvalue weighted by Crippen LogP contribution is -2.60. The summed E-state index contributed by atoms with van der Waals surface area (Å²) in [6, 6.07) is 8.36. The van der Waals surface area contributed by atoms with Crippen LogP contribution >= 0.6 is 13.4 Å². The molecule has 316 valence electrons. The summed E-state index contributed by atoms with van der Waals surface area (Å²) >= 11 is 10.8. The van der Waals surface area contributed by atoms with Crippen molar-refractivity contribution < 1.29 is 55.7 Å². The van der Waals surface area contributed by atoms with E-state index in [1.54, 1.807) is 44.2 Å². The van der Waals surface area contributed by atoms with Gasteiger partial charge < -0.3 is 33.6 Å². The summed E-state index contributed by atoms with van der Waals surface area (Å²) in [5.74, 6) is -1.72. The van der Waals surface area contributed by atoms with Gasteiger partial charge in [0.05, 0.1) is 37.4 Å². The molecule has 60 heavy (non-hydrogen) atoms. The molecule has 27 heteroatoms. The van der Waals surface area contributed by atoms with E-state index >= 15 is 8.78 Å². The molecule has 1 aromatic carbocycles. The van der Waals surface area contributed by atoms with Gasteiger partial charge in [-0.25, -0.2) is 28.7 Å². The van der Waals surface area contributed by atoms with Gasteiger partial charge in [0.15, 0.2) is 58.0 Å². The molecule has 21 nitrogen and oxygen atoms in total. The lowest BCUT2D eigenvalue weighted by atomic mass is 9.79. The minimum Gasteiger partial charge on any atom is -0.349 e. The van der Waals surface area contributed by atoms with Crippen molar-refractivity contribution >= 4 is 83.0 Å². The van der Waals surface area contributed by atoms with Gasteiger partial charge in [-0.1, -0.05) is 32.0 Å². The minimum atomic E-state index is -4.47. The van der Waals surface area contributed by atoms with Crippen molar-refractivity contribution in [2.75, 3.05) is 23.8 Å². The van der Waals surface area contributed by atoms with Gasteiger partial charge in [0.25, 0.3) is 11.5 Å². The molecular formula is C33H32F2N10O11P2S2. The maximum atomic E-state index is 18.7. The first-order valence-electron chi connectivity index (χ1n) is 18.3. The summed E-state index contributed by atoms with van der Waals surface area (Å²) in [5, 5.41) is 5.18. The number of H-pyrrole nitrogens is 1. The highest BCUT2D eigenvalue weighted by molar-refractivity contribution is 8.07. The van der Waals surface area contributed by atoms with E-state index in [0.717, 1.165) is 17.2 Å². The van der Waals surface area contributed by atoms with Crippen LogP contribution in [0.5, 0.6) is 0 Å². The Balaban J connectivity index is 1.07. The number of carbonyl (C=O) groups excluding carboxylic acids is 2. The zero-order valence-electron chi connectivity index (χ0n) is 30.9. The second-order valence-corrected chi connectivity index (χ2v) is 20.8. The fourth-order valence-corrected chi connectivity index (χ4v) is 11.5. The molecular weight excluding hydrogens is 877 g/mol. The van der Waals surface area contributed by atoms with Gasteiger partial charge >= 0.3 is 13.4 Å². The Bertz CT molecular complexity index is 2790. The number of nitrogens with zero attached hydrogens (tertiary/aromatic N) is 7. The Morgan fingerprint density at radius 3 is 2.42 bits per heavy atom. The van der Waals surface area contributed by atoms with Gasteiger partial charge in [-0.05, 0) is 42.2 Å². The molecule has 2 bridgehead atoms. The number of fused-ring (bicyclic) bond motifs is 2. The van der Waals surface area contributed by atoms with Gasteiger partial charge in [0, 0.05) is 11.5 Å². The smallest absolute Gasteiger partial charge is 0.325 e. The SMILES string of the molecule is CC(C)C(=O)Nc1nc2c(ncn2[C@@H]2O[C@]34CO[P@@](O)(=S)O[C@H]5[C@H](n6cnc7c(NC(=O)c8ccccc8)ncnc76)O[C@H](COP(O)(=S)O[C@H]3[C@H]2F)[C@]52CC24F)c(=O)[nH]1. The van der Waals surface area contributed by atoms with Crippen molar-refractivity contribution in [3.8, 4) is 0 Å². The number of aromatic nitrogens is 8. The maximum absolute atomic E-state index is 18.7. The molecule has 2 amide bonds. The Labute approximate surface area is 345 Å². The van der Waals surface area contributed by atoms with E-state index in [9.17, 15) is 24.2 Å². The number of halogens is 2. The molecule has 0 radical (unpaired) electrons. The van der Waals surface area contributed by atoms with Crippen molar-refractivity contribution in [1.29, 1.82) is 0 Å². The zero-order valence-corrected chi connectivity index (χ0v) is 34.4. The molecule has 4 aromatic heterocycles. The van der Waals surface area contributed by atoms with Crippen molar-refractivity contribution in [3.05, 3.63) is 65.2 Å². The van der Waals surface area contributed by atoms with Crippen molar-refractivity contribution in [2.45, 2.75) is 68.5 Å². The van der Waals surface area contributed by atoms with Gasteiger partial charge in [-0.3, -0.25) is 42.9 Å². The van der Waals surface area contributed by atoms with Crippen molar-refractivity contribution in [2.24, 2.45) is 11.3 Å². The Hall–Kier alpha value is -4.10. The number of hydrogen-bond donors (Lipinski definition) is 5. The topological polar surface area (TPSA) is 261 Å². The van der Waals surface area contributed by atoms with Crippen LogP contribution in [0.3, 0.4) is 0 Å². The highest BCUT2D eigenvalue weighted by Gasteiger charge is 2.92. The van der Waals surface area contributed by atoms with Gasteiger partial charge in [-0.2, -0.15) is 4.98 Å². The van der Waals surface area contributed by atoms with E-state index in [-0.39, 0.29) is 34.1 Å². The number of anilines is 2. The van der Waals surface area contributed by atoms with Crippen LogP contribution in [0, 0.1) is 11.3 Å². The third-order valence-corrected chi connectivity index (χ3v) is 14.6. The number of nitrogens with one attached hydrogen (secondary N) is 3. The molecule has 11 atom stereocenters. The fraction of sp³-hybridized carbons (Fsp3) is 0.455. The number of aromatic amines is 1. The number of rotatable bonds is 6. The zero-order chi connectivity index (χ0) is 42.1. The number of benzene rings is 1. The third kappa shape index (κ3) is 5.90. The number of amides is 2. The fourth-order valence-electron chi connectivity index (χ4n) is 8.62. The lowest BCUT2D eigenvalue weighted by molar-refractivity contribution is -0.187. The summed E-state index contributed by atoms with van der Waals surface area (Å²) in [6.07, 6.45) is -7.70. The Kier molecular flexibility index (Phi) is 9.13. The molecule has 8 heterocycles. The van der Waals surface area contributed by atoms with Crippen LogP contribution in [0.2, 0.25) is 0 Å². The largest absolute Gasteiger partial charge is 0.349 e. The first-order valence-corrected chi connectivity index (χ1v) is 23.5. The van der Waals surface area contributed by atoms with Gasteiger partial charge in [0.1, 0.15) is 18.5 Å². The molecule has 10 rings (SSSR count). The first kappa shape index (κ1) is 40.0. The third-order valence-electron chi connectivity index (χ3n) is 11.5. The normalized spacial score (nSPS) is 37.0. The predicted molar refractivity (Wildman–Crippen MR) is 209 cm³/mol. The number of carbonyl (C=O) groups is 2. The molecule has 1 aliphatic carbocycles. The molecule has 1 saturated carbocycles. The molecule has 2 spiro atoms. The summed E-state index contributed by atoms with van der Waals surface area (Å²) < 4.78 is 74.7. The first-order chi connectivity index (χ1) is 28.5. The second kappa shape index (κ2) is 13.7. The highest BCUT2D eigenvalue weighted by Crippen LogP contribution is 2.80. The average molecular weight is 909 g/mol. The molecule has 5 aliphatic rings. The van der Waals surface area contributed by atoms with Crippen LogP contribution in [0.1, 0.15) is 43.1 Å². The molecule has 5 N–H and O–H groups in total. The maximum Gasteiger partial charge on any atom is 0.325 e. The molecule has 4 saturated heterocycles. The average Bonchev–Trinajstić information content (AvgIpc) is 3.64. The van der Waals surface area contributed by atoms with Crippen LogP contribution in [-0.4, -0.2) is 110 Å². The Morgan fingerprint density at radius 1 is 0.967 bits per heavy atom. The summed E-state index contributed by atoms with van der Waals surface area (Å²) in [6.45, 7) is -7.19. The second-order valence-electron chi connectivity index (χ2n) is 15.2.